The first-order valence-electron chi connectivity index (χ1n) is 9.19. The highest BCUT2D eigenvalue weighted by Crippen LogP contribution is 2.20. The zero-order chi connectivity index (χ0) is 21.6. The molecule has 0 aliphatic carbocycles. The fourth-order valence-electron chi connectivity index (χ4n) is 2.84. The Bertz CT molecular complexity index is 946. The molecule has 0 spiro atoms. The molecule has 1 amide bonds. The molecule has 0 atom stereocenters. The molecule has 0 aliphatic heterocycles. The third-order valence-corrected chi connectivity index (χ3v) is 5.57. The fourth-order valence-corrected chi connectivity index (χ4v) is 3.69. The number of rotatable bonds is 9. The van der Waals surface area contributed by atoms with Crippen molar-refractivity contribution in [1.29, 1.82) is 0 Å². The topological polar surface area (TPSA) is 69.7 Å². The minimum Gasteiger partial charge on any atom is -0.372 e. The van der Waals surface area contributed by atoms with Gasteiger partial charge < -0.3 is 10.2 Å². The molecule has 0 bridgehead atoms. The standard InChI is InChI=1S/C20H25F2N3O3S/c1-4-24(5-2)16-8-6-15(7-9-16)13-23-20(26)14-25(29(3,27)28)17-10-11-18(21)19(22)12-17/h6-12H,4-5,13-14H2,1-3H3,(H,23,26). The molecular formula is C20H25F2N3O3S. The highest BCUT2D eigenvalue weighted by atomic mass is 32.2. The maximum atomic E-state index is 13.5. The van der Waals surface area contributed by atoms with Gasteiger partial charge in [-0.1, -0.05) is 12.1 Å². The molecule has 0 aromatic heterocycles. The van der Waals surface area contributed by atoms with Crippen LogP contribution >= 0.6 is 0 Å². The Morgan fingerprint density at radius 1 is 0.966 bits per heavy atom. The van der Waals surface area contributed by atoms with E-state index >= 15 is 0 Å². The third-order valence-electron chi connectivity index (χ3n) is 4.43. The van der Waals surface area contributed by atoms with Gasteiger partial charge in [0, 0.05) is 31.4 Å². The number of benzene rings is 2. The van der Waals surface area contributed by atoms with Gasteiger partial charge in [0.15, 0.2) is 11.6 Å². The number of nitrogens with one attached hydrogen (secondary N) is 1. The van der Waals surface area contributed by atoms with E-state index in [1.807, 2.05) is 24.3 Å². The van der Waals surface area contributed by atoms with Crippen molar-refractivity contribution in [3.8, 4) is 0 Å². The average Bonchev–Trinajstić information content (AvgIpc) is 2.68. The number of nitrogens with zero attached hydrogens (tertiary/aromatic N) is 2. The van der Waals surface area contributed by atoms with Gasteiger partial charge in [-0.05, 0) is 43.7 Å². The third kappa shape index (κ3) is 6.15. The van der Waals surface area contributed by atoms with Crippen LogP contribution in [0, 0.1) is 11.6 Å². The molecule has 0 saturated carbocycles. The minimum absolute atomic E-state index is 0.120. The first-order valence-corrected chi connectivity index (χ1v) is 11.0. The Morgan fingerprint density at radius 3 is 2.07 bits per heavy atom. The first kappa shape index (κ1) is 22.6. The number of amides is 1. The largest absolute Gasteiger partial charge is 0.372 e. The number of halogens is 2. The van der Waals surface area contributed by atoms with Crippen molar-refractivity contribution >= 4 is 27.3 Å². The Morgan fingerprint density at radius 2 is 1.55 bits per heavy atom. The van der Waals surface area contributed by atoms with Crippen molar-refractivity contribution < 1.29 is 22.0 Å². The zero-order valence-corrected chi connectivity index (χ0v) is 17.5. The van der Waals surface area contributed by atoms with Crippen LogP contribution in [0.4, 0.5) is 20.2 Å². The van der Waals surface area contributed by atoms with Crippen molar-refractivity contribution in [3.63, 3.8) is 0 Å². The van der Waals surface area contributed by atoms with Crippen molar-refractivity contribution in [1.82, 2.24) is 5.32 Å². The Labute approximate surface area is 170 Å². The van der Waals surface area contributed by atoms with E-state index < -0.39 is 34.1 Å². The van der Waals surface area contributed by atoms with Gasteiger partial charge >= 0.3 is 0 Å². The van der Waals surface area contributed by atoms with E-state index in [1.165, 1.54) is 0 Å². The predicted molar refractivity (Wildman–Crippen MR) is 110 cm³/mol. The zero-order valence-electron chi connectivity index (χ0n) is 16.7. The van der Waals surface area contributed by atoms with E-state index in [-0.39, 0.29) is 12.2 Å². The Kier molecular flexibility index (Phi) is 7.55. The number of carbonyl (C=O) groups is 1. The average molecular weight is 426 g/mol. The second-order valence-corrected chi connectivity index (χ2v) is 8.39. The SMILES string of the molecule is CCN(CC)c1ccc(CNC(=O)CN(c2ccc(F)c(F)c2)S(C)(=O)=O)cc1. The van der Waals surface area contributed by atoms with Crippen molar-refractivity contribution in [2.75, 3.05) is 35.1 Å². The van der Waals surface area contributed by atoms with Crippen molar-refractivity contribution in [2.45, 2.75) is 20.4 Å². The van der Waals surface area contributed by atoms with Crippen LogP contribution in [0.2, 0.25) is 0 Å². The van der Waals surface area contributed by atoms with Gasteiger partial charge in [0.25, 0.3) is 0 Å². The van der Waals surface area contributed by atoms with Crippen molar-refractivity contribution in [3.05, 3.63) is 59.7 Å². The molecule has 2 rings (SSSR count). The summed E-state index contributed by atoms with van der Waals surface area (Å²) < 4.78 is 51.4. The van der Waals surface area contributed by atoms with Crippen LogP contribution < -0.4 is 14.5 Å². The summed E-state index contributed by atoms with van der Waals surface area (Å²) in [5, 5.41) is 2.65. The quantitative estimate of drug-likeness (QED) is 0.671. The number of carbonyl (C=O) groups excluding carboxylic acids is 1. The highest BCUT2D eigenvalue weighted by molar-refractivity contribution is 7.92. The summed E-state index contributed by atoms with van der Waals surface area (Å²) in [5.74, 6) is -2.85. The normalized spacial score (nSPS) is 11.2. The van der Waals surface area contributed by atoms with Crippen LogP contribution in [0.25, 0.3) is 0 Å². The molecule has 6 nitrogen and oxygen atoms in total. The maximum Gasteiger partial charge on any atom is 0.241 e. The molecule has 0 heterocycles. The lowest BCUT2D eigenvalue weighted by Gasteiger charge is -2.22. The number of hydrogen-bond donors (Lipinski definition) is 1. The summed E-state index contributed by atoms with van der Waals surface area (Å²) in [6.07, 6.45) is 0.896. The minimum atomic E-state index is -3.87. The van der Waals surface area contributed by atoms with Gasteiger partial charge in [-0.3, -0.25) is 9.10 Å². The van der Waals surface area contributed by atoms with Crippen LogP contribution in [0.5, 0.6) is 0 Å². The smallest absolute Gasteiger partial charge is 0.241 e. The van der Waals surface area contributed by atoms with Crippen LogP contribution in [0.1, 0.15) is 19.4 Å². The molecule has 0 radical (unpaired) electrons. The van der Waals surface area contributed by atoms with Gasteiger partial charge in [0.05, 0.1) is 11.9 Å². The molecule has 0 saturated heterocycles. The van der Waals surface area contributed by atoms with Crippen LogP contribution in [-0.2, 0) is 21.4 Å². The lowest BCUT2D eigenvalue weighted by atomic mass is 10.2. The molecule has 2 aromatic rings. The number of hydrogen-bond acceptors (Lipinski definition) is 4. The summed E-state index contributed by atoms with van der Waals surface area (Å²) in [4.78, 5) is 14.5. The van der Waals surface area contributed by atoms with Crippen LogP contribution in [-0.4, -0.2) is 40.2 Å². The van der Waals surface area contributed by atoms with Crippen LogP contribution in [0.3, 0.4) is 0 Å². The first-order chi connectivity index (χ1) is 13.7. The van der Waals surface area contributed by atoms with Gasteiger partial charge in [-0.15, -0.1) is 0 Å². The Balaban J connectivity index is 2.04. The summed E-state index contributed by atoms with van der Waals surface area (Å²) in [6.45, 7) is 5.58. The van der Waals surface area contributed by atoms with E-state index in [9.17, 15) is 22.0 Å². The molecular weight excluding hydrogens is 400 g/mol. The maximum absolute atomic E-state index is 13.5. The Hall–Kier alpha value is -2.68. The van der Waals surface area contributed by atoms with Crippen LogP contribution in [0.15, 0.2) is 42.5 Å². The lowest BCUT2D eigenvalue weighted by molar-refractivity contribution is -0.119. The monoisotopic (exact) mass is 425 g/mol. The number of sulfonamides is 1. The van der Waals surface area contributed by atoms with E-state index in [1.54, 1.807) is 0 Å². The van der Waals surface area contributed by atoms with Gasteiger partial charge in [-0.2, -0.15) is 0 Å². The molecule has 9 heteroatoms. The van der Waals surface area contributed by atoms with E-state index in [2.05, 4.69) is 24.1 Å². The summed E-state index contributed by atoms with van der Waals surface area (Å²) in [7, 11) is -3.87. The van der Waals surface area contributed by atoms with Gasteiger partial charge in [0.1, 0.15) is 6.54 Å². The molecule has 0 fully saturated rings. The molecule has 0 aliphatic rings. The lowest BCUT2D eigenvalue weighted by Crippen LogP contribution is -2.40. The molecule has 2 aromatic carbocycles. The summed E-state index contributed by atoms with van der Waals surface area (Å²) in [6, 6.07) is 10.4. The van der Waals surface area contributed by atoms with E-state index in [0.29, 0.717) is 0 Å². The fraction of sp³-hybridized carbons (Fsp3) is 0.350. The molecule has 0 unspecified atom stereocenters. The predicted octanol–water partition coefficient (Wildman–Crippen LogP) is 2.89. The number of anilines is 2. The molecule has 1 N–H and O–H groups in total. The molecule has 158 valence electrons. The van der Waals surface area contributed by atoms with Crippen molar-refractivity contribution in [2.24, 2.45) is 0 Å². The summed E-state index contributed by atoms with van der Waals surface area (Å²) in [5.41, 5.74) is 1.81. The molecule has 29 heavy (non-hydrogen) atoms. The van der Waals surface area contributed by atoms with Gasteiger partial charge in [-0.25, -0.2) is 17.2 Å². The second kappa shape index (κ2) is 9.69. The van der Waals surface area contributed by atoms with E-state index in [0.717, 1.165) is 53.1 Å². The van der Waals surface area contributed by atoms with E-state index in [4.69, 9.17) is 0 Å². The highest BCUT2D eigenvalue weighted by Gasteiger charge is 2.22. The second-order valence-electron chi connectivity index (χ2n) is 6.48. The van der Waals surface area contributed by atoms with Gasteiger partial charge in [0.2, 0.25) is 15.9 Å². The summed E-state index contributed by atoms with van der Waals surface area (Å²) >= 11 is 0.